The van der Waals surface area contributed by atoms with E-state index in [4.69, 9.17) is 0 Å². The van der Waals surface area contributed by atoms with E-state index in [1.807, 2.05) is 0 Å². The smallest absolute Gasteiger partial charge is 1.00 e. The van der Waals surface area contributed by atoms with Crippen LogP contribution < -0.4 is 0 Å². The van der Waals surface area contributed by atoms with Crippen molar-refractivity contribution in [2.24, 2.45) is 0 Å². The fourth-order valence-electron chi connectivity index (χ4n) is 0. The first kappa shape index (κ1) is 24.2. The van der Waals surface area contributed by atoms with Gasteiger partial charge in [-0.1, -0.05) is 0 Å². The van der Waals surface area contributed by atoms with Gasteiger partial charge in [0.05, 0.1) is 0 Å². The van der Waals surface area contributed by atoms with Gasteiger partial charge in [-0.2, -0.15) is 0 Å². The average Bonchev–Trinajstić information content (AvgIpc) is 0. The summed E-state index contributed by atoms with van der Waals surface area (Å²) < 4.78 is 0. The number of hydrogen-bond acceptors (Lipinski definition) is 0. The third-order valence-electron chi connectivity index (χ3n) is 0. The first-order chi connectivity index (χ1) is 0. The molecular weight excluding hydrogens is 400 g/mol. The summed E-state index contributed by atoms with van der Waals surface area (Å²) in [7, 11) is 0. The molecule has 0 bridgehead atoms. The van der Waals surface area contributed by atoms with Crippen molar-refractivity contribution in [3.05, 3.63) is 0 Å². The molecule has 0 fully saturated rings. The molecule has 0 rings (SSSR count). The summed E-state index contributed by atoms with van der Waals surface area (Å²) in [5, 5.41) is 0. The molecule has 2 radical (unpaired) electrons. The summed E-state index contributed by atoms with van der Waals surface area (Å²) in [5.41, 5.74) is 0. The fourth-order valence-corrected chi connectivity index (χ4v) is 0. The van der Waals surface area contributed by atoms with Crippen molar-refractivity contribution in [1.82, 2.24) is 0 Å². The van der Waals surface area contributed by atoms with E-state index in [-0.39, 0.29) is 126 Å². The standard InChI is InChI=1S/Bi.Ca.Cu.Sr/q+3;+2;+1;+2. The van der Waals surface area contributed by atoms with E-state index < -0.39 is 0 Å². The Morgan fingerprint density at radius 3 is 1.00 bits per heavy atom. The van der Waals surface area contributed by atoms with Crippen molar-refractivity contribution in [3.63, 3.8) is 0 Å². The second-order valence-electron chi connectivity index (χ2n) is 0. The van der Waals surface area contributed by atoms with Crippen LogP contribution in [0.5, 0.6) is 0 Å². The molecule has 12 valence electrons. The number of hydrogen-bond donors (Lipinski definition) is 0. The van der Waals surface area contributed by atoms with E-state index in [0.29, 0.717) is 0 Å². The maximum atomic E-state index is 0. The van der Waals surface area contributed by atoms with Crippen LogP contribution >= 0.6 is 0 Å². The summed E-state index contributed by atoms with van der Waals surface area (Å²) in [4.78, 5) is 0. The van der Waals surface area contributed by atoms with Crippen LogP contribution in [-0.4, -0.2) is 109 Å². The van der Waals surface area contributed by atoms with E-state index in [2.05, 4.69) is 0 Å². The minimum Gasteiger partial charge on any atom is 1.00 e. The Morgan fingerprint density at radius 2 is 1.00 bits per heavy atom. The van der Waals surface area contributed by atoms with Crippen LogP contribution in [-0.2, 0) is 17.1 Å². The van der Waals surface area contributed by atoms with E-state index in [0.717, 1.165) is 0 Å². The van der Waals surface area contributed by atoms with Gasteiger partial charge in [-0.15, -0.1) is 0 Å². The van der Waals surface area contributed by atoms with Crippen LogP contribution in [0, 0.1) is 0 Å². The third-order valence-corrected chi connectivity index (χ3v) is 0. The van der Waals surface area contributed by atoms with Crippen molar-refractivity contribution in [2.75, 3.05) is 0 Å². The minimum atomic E-state index is 0. The SMILES string of the molecule is [Bi+3].[Ca+2].[Cu+].[Sr+2]. The Labute approximate surface area is 123 Å². The Kier molecular flexibility index (Phi) is 95.0. The van der Waals surface area contributed by atoms with E-state index in [1.165, 1.54) is 0 Å². The normalized spacial score (nSPS) is 0. The maximum Gasteiger partial charge on any atom is 3.00 e. The first-order valence-electron chi connectivity index (χ1n) is 0. The molecule has 0 aliphatic carbocycles. The van der Waals surface area contributed by atoms with Gasteiger partial charge in [-0.3, -0.25) is 0 Å². The average molecular weight is 400 g/mol. The molecular formula is BiCaCuSr+8. The predicted octanol–water partition coefficient (Wildman–Crippen LogP) is -1.14. The van der Waals surface area contributed by atoms with Gasteiger partial charge in [0.15, 0.2) is 0 Å². The molecule has 0 N–H and O–H groups in total. The minimum absolute atomic E-state index is 0. The zero-order valence-corrected chi connectivity index (χ0v) is 12.3. The molecule has 0 amide bonds. The summed E-state index contributed by atoms with van der Waals surface area (Å²) in [5.74, 6) is 0. The summed E-state index contributed by atoms with van der Waals surface area (Å²) in [6.45, 7) is 0. The van der Waals surface area contributed by atoms with Crippen molar-refractivity contribution in [3.8, 4) is 0 Å². The Morgan fingerprint density at radius 1 is 1.00 bits per heavy atom. The maximum absolute atomic E-state index is 0. The predicted molar refractivity (Wildman–Crippen MR) is 17.3 cm³/mol. The van der Waals surface area contributed by atoms with Crippen molar-refractivity contribution in [2.45, 2.75) is 0 Å². The van der Waals surface area contributed by atoms with Crippen LogP contribution in [0.4, 0.5) is 0 Å². The van der Waals surface area contributed by atoms with Crippen molar-refractivity contribution in [1.29, 1.82) is 0 Å². The monoisotopic (exact) mass is 400 g/mol. The fraction of sp³-hybridized carbons (Fsp3) is 0. The Hall–Kier alpha value is 4.14. The molecule has 0 heterocycles. The largest absolute Gasteiger partial charge is 3.00 e. The second-order valence-corrected chi connectivity index (χ2v) is 0. The van der Waals surface area contributed by atoms with Gasteiger partial charge in [0.25, 0.3) is 0 Å². The third kappa shape index (κ3) is 9.47. The van der Waals surface area contributed by atoms with Crippen molar-refractivity contribution < 1.29 is 17.1 Å². The van der Waals surface area contributed by atoms with Gasteiger partial charge in [-0.05, 0) is 0 Å². The zero-order chi connectivity index (χ0) is 0. The van der Waals surface area contributed by atoms with Crippen LogP contribution in [0.15, 0.2) is 0 Å². The van der Waals surface area contributed by atoms with E-state index in [9.17, 15) is 0 Å². The molecule has 0 saturated heterocycles. The molecule has 0 saturated carbocycles. The quantitative estimate of drug-likeness (QED) is 0.451. The molecule has 4 heteroatoms. The van der Waals surface area contributed by atoms with Crippen LogP contribution in [0.25, 0.3) is 0 Å². The molecule has 0 aromatic carbocycles. The molecule has 0 nitrogen and oxygen atoms in total. The molecule has 0 aromatic rings. The van der Waals surface area contributed by atoms with Gasteiger partial charge < -0.3 is 0 Å². The number of rotatable bonds is 0. The van der Waals surface area contributed by atoms with Gasteiger partial charge in [0.1, 0.15) is 0 Å². The zero-order valence-electron chi connectivity index (χ0n) is 2.16. The topological polar surface area (TPSA) is 0 Å². The summed E-state index contributed by atoms with van der Waals surface area (Å²) >= 11 is 0. The summed E-state index contributed by atoms with van der Waals surface area (Å²) in [6.07, 6.45) is 0. The molecule has 0 unspecified atom stereocenters. The second kappa shape index (κ2) is 15.7. The first-order valence-corrected chi connectivity index (χ1v) is 0. The van der Waals surface area contributed by atoms with Crippen LogP contribution in [0.2, 0.25) is 0 Å². The Balaban J connectivity index is 0. The van der Waals surface area contributed by atoms with E-state index >= 15 is 0 Å². The van der Waals surface area contributed by atoms with Gasteiger partial charge in [-0.25, -0.2) is 0 Å². The molecule has 0 aliphatic rings. The van der Waals surface area contributed by atoms with Crippen LogP contribution in [0.3, 0.4) is 0 Å². The molecule has 0 aromatic heterocycles. The summed E-state index contributed by atoms with van der Waals surface area (Å²) in [6, 6.07) is 0. The molecule has 0 aliphatic heterocycles. The molecule has 0 atom stereocenters. The Bertz CT molecular complexity index is 8.00. The van der Waals surface area contributed by atoms with Gasteiger partial charge >= 0.3 is 126 Å². The van der Waals surface area contributed by atoms with Gasteiger partial charge in [0.2, 0.25) is 0 Å². The molecule has 4 heavy (non-hydrogen) atoms. The van der Waals surface area contributed by atoms with Gasteiger partial charge in [0, 0.05) is 0 Å². The van der Waals surface area contributed by atoms with Crippen LogP contribution in [0.1, 0.15) is 0 Å². The van der Waals surface area contributed by atoms with E-state index in [1.54, 1.807) is 0 Å². The van der Waals surface area contributed by atoms with Crippen molar-refractivity contribution >= 4 is 109 Å². The molecule has 0 spiro atoms.